The molecule has 0 bridgehead atoms. The lowest BCUT2D eigenvalue weighted by Gasteiger charge is -2.52. The van der Waals surface area contributed by atoms with Crippen LogP contribution < -0.4 is 5.32 Å². The van der Waals surface area contributed by atoms with Crippen LogP contribution >= 0.6 is 0 Å². The van der Waals surface area contributed by atoms with Crippen molar-refractivity contribution in [2.45, 2.75) is 64.7 Å². The lowest BCUT2D eigenvalue weighted by atomic mass is 9.64. The van der Waals surface area contributed by atoms with E-state index in [0.29, 0.717) is 18.2 Å². The number of hydrogen-bond acceptors (Lipinski definition) is 3. The topological polar surface area (TPSA) is 30.5 Å². The van der Waals surface area contributed by atoms with Crippen LogP contribution in [0.25, 0.3) is 0 Å². The van der Waals surface area contributed by atoms with Crippen molar-refractivity contribution in [2.75, 3.05) is 19.8 Å². The van der Waals surface area contributed by atoms with Gasteiger partial charge in [-0.05, 0) is 32.2 Å². The Hall–Kier alpha value is -0.120. The van der Waals surface area contributed by atoms with Crippen LogP contribution in [0, 0.1) is 5.41 Å². The third-order valence-electron chi connectivity index (χ3n) is 4.39. The van der Waals surface area contributed by atoms with Crippen LogP contribution in [0.2, 0.25) is 0 Å². The van der Waals surface area contributed by atoms with Gasteiger partial charge in [-0.25, -0.2) is 0 Å². The molecule has 2 aliphatic rings. The van der Waals surface area contributed by atoms with E-state index >= 15 is 0 Å². The predicted molar refractivity (Wildman–Crippen MR) is 69.2 cm³/mol. The molecule has 3 unspecified atom stereocenters. The van der Waals surface area contributed by atoms with E-state index in [2.05, 4.69) is 26.1 Å². The maximum atomic E-state index is 6.04. The molecule has 1 aliphatic carbocycles. The van der Waals surface area contributed by atoms with Gasteiger partial charge < -0.3 is 14.8 Å². The molecule has 0 aromatic carbocycles. The molecule has 1 aliphatic heterocycles. The number of rotatable bonds is 5. The van der Waals surface area contributed by atoms with Gasteiger partial charge in [0.05, 0.1) is 18.8 Å². The van der Waals surface area contributed by atoms with Crippen LogP contribution in [-0.2, 0) is 9.47 Å². The van der Waals surface area contributed by atoms with Gasteiger partial charge in [-0.2, -0.15) is 0 Å². The minimum Gasteiger partial charge on any atom is -0.376 e. The molecule has 1 saturated carbocycles. The highest BCUT2D eigenvalue weighted by molar-refractivity contribution is 5.02. The second-order valence-electron chi connectivity index (χ2n) is 5.98. The van der Waals surface area contributed by atoms with Crippen molar-refractivity contribution in [1.82, 2.24) is 5.32 Å². The second kappa shape index (κ2) is 5.68. The summed E-state index contributed by atoms with van der Waals surface area (Å²) in [4.78, 5) is 0. The van der Waals surface area contributed by atoms with Crippen LogP contribution in [0.5, 0.6) is 0 Å². The predicted octanol–water partition coefficient (Wildman–Crippen LogP) is 2.35. The Kier molecular flexibility index (Phi) is 4.45. The lowest BCUT2D eigenvalue weighted by Crippen LogP contribution is -2.61. The molecule has 0 amide bonds. The van der Waals surface area contributed by atoms with Crippen LogP contribution in [-0.4, -0.2) is 38.0 Å². The fourth-order valence-electron chi connectivity index (χ4n) is 2.92. The summed E-state index contributed by atoms with van der Waals surface area (Å²) in [5.41, 5.74) is 0.269. The van der Waals surface area contributed by atoms with Crippen LogP contribution in [0.15, 0.2) is 0 Å². The van der Waals surface area contributed by atoms with Crippen molar-refractivity contribution < 1.29 is 9.47 Å². The first-order chi connectivity index (χ1) is 8.14. The molecule has 2 rings (SSSR count). The third kappa shape index (κ3) is 3.01. The Labute approximate surface area is 105 Å². The zero-order chi connectivity index (χ0) is 12.3. The Bertz CT molecular complexity index is 236. The summed E-state index contributed by atoms with van der Waals surface area (Å²) in [6.07, 6.45) is 5.57. The van der Waals surface area contributed by atoms with Crippen molar-refractivity contribution in [3.63, 3.8) is 0 Å². The third-order valence-corrected chi connectivity index (χ3v) is 4.39. The van der Waals surface area contributed by atoms with E-state index in [1.54, 1.807) is 0 Å². The van der Waals surface area contributed by atoms with Gasteiger partial charge in [0, 0.05) is 18.1 Å². The highest BCUT2D eigenvalue weighted by Gasteiger charge is 2.48. The Morgan fingerprint density at radius 2 is 2.18 bits per heavy atom. The van der Waals surface area contributed by atoms with E-state index in [1.807, 2.05) is 0 Å². The minimum absolute atomic E-state index is 0.269. The number of nitrogens with one attached hydrogen (secondary N) is 1. The van der Waals surface area contributed by atoms with Crippen molar-refractivity contribution >= 4 is 0 Å². The van der Waals surface area contributed by atoms with E-state index in [4.69, 9.17) is 9.47 Å². The molecule has 0 radical (unpaired) electrons. The molecule has 1 saturated heterocycles. The summed E-state index contributed by atoms with van der Waals surface area (Å²) in [7, 11) is 0. The molecular formula is C14H27NO2. The van der Waals surface area contributed by atoms with E-state index in [9.17, 15) is 0 Å². The van der Waals surface area contributed by atoms with Gasteiger partial charge in [0.25, 0.3) is 0 Å². The minimum atomic E-state index is 0.269. The highest BCUT2D eigenvalue weighted by atomic mass is 16.5. The lowest BCUT2D eigenvalue weighted by molar-refractivity contribution is -0.146. The summed E-state index contributed by atoms with van der Waals surface area (Å²) in [5, 5.41) is 3.53. The van der Waals surface area contributed by atoms with E-state index in [0.717, 1.165) is 26.2 Å². The van der Waals surface area contributed by atoms with Gasteiger partial charge in [-0.3, -0.25) is 0 Å². The van der Waals surface area contributed by atoms with Gasteiger partial charge in [0.15, 0.2) is 0 Å². The van der Waals surface area contributed by atoms with E-state index in [1.165, 1.54) is 19.3 Å². The van der Waals surface area contributed by atoms with Crippen LogP contribution in [0.4, 0.5) is 0 Å². The quantitative estimate of drug-likeness (QED) is 0.801. The molecule has 1 N–H and O–H groups in total. The van der Waals surface area contributed by atoms with E-state index < -0.39 is 0 Å². The van der Waals surface area contributed by atoms with Gasteiger partial charge in [0.1, 0.15) is 0 Å². The second-order valence-corrected chi connectivity index (χ2v) is 5.98. The molecule has 3 atom stereocenters. The first kappa shape index (κ1) is 13.3. The summed E-state index contributed by atoms with van der Waals surface area (Å²) < 4.78 is 11.7. The standard InChI is InChI=1S/C14H27NO2/c1-4-15-12-9-13(14(12,2)3)17-10-11-7-5-6-8-16-11/h11-13,15H,4-10H2,1-3H3. The zero-order valence-electron chi connectivity index (χ0n) is 11.5. The molecule has 0 spiro atoms. The van der Waals surface area contributed by atoms with Crippen molar-refractivity contribution in [3.05, 3.63) is 0 Å². The maximum absolute atomic E-state index is 6.04. The van der Waals surface area contributed by atoms with Crippen molar-refractivity contribution in [1.29, 1.82) is 0 Å². The summed E-state index contributed by atoms with van der Waals surface area (Å²) in [6.45, 7) is 9.52. The molecule has 3 nitrogen and oxygen atoms in total. The van der Waals surface area contributed by atoms with Crippen LogP contribution in [0.1, 0.15) is 46.5 Å². The normalized spacial score (nSPS) is 36.5. The largest absolute Gasteiger partial charge is 0.376 e. The molecule has 1 heterocycles. The molecule has 3 heteroatoms. The van der Waals surface area contributed by atoms with Crippen molar-refractivity contribution in [2.24, 2.45) is 5.41 Å². The highest BCUT2D eigenvalue weighted by Crippen LogP contribution is 2.42. The first-order valence-electron chi connectivity index (χ1n) is 7.11. The Morgan fingerprint density at radius 1 is 1.35 bits per heavy atom. The van der Waals surface area contributed by atoms with Gasteiger partial charge >= 0.3 is 0 Å². The average Bonchev–Trinajstić information content (AvgIpc) is 2.34. The molecule has 100 valence electrons. The maximum Gasteiger partial charge on any atom is 0.0808 e. The number of hydrogen-bond donors (Lipinski definition) is 1. The molecular weight excluding hydrogens is 214 g/mol. The fourth-order valence-corrected chi connectivity index (χ4v) is 2.92. The Balaban J connectivity index is 1.70. The molecule has 2 fully saturated rings. The van der Waals surface area contributed by atoms with Gasteiger partial charge in [-0.15, -0.1) is 0 Å². The Morgan fingerprint density at radius 3 is 2.76 bits per heavy atom. The molecule has 0 aromatic rings. The van der Waals surface area contributed by atoms with Crippen molar-refractivity contribution in [3.8, 4) is 0 Å². The molecule has 0 aromatic heterocycles. The number of ether oxygens (including phenoxy) is 2. The van der Waals surface area contributed by atoms with Gasteiger partial charge in [0.2, 0.25) is 0 Å². The van der Waals surface area contributed by atoms with E-state index in [-0.39, 0.29) is 5.41 Å². The first-order valence-corrected chi connectivity index (χ1v) is 7.11. The zero-order valence-corrected chi connectivity index (χ0v) is 11.5. The smallest absolute Gasteiger partial charge is 0.0808 e. The summed E-state index contributed by atoms with van der Waals surface area (Å²) in [5.74, 6) is 0. The summed E-state index contributed by atoms with van der Waals surface area (Å²) in [6, 6.07) is 0.616. The molecule has 17 heavy (non-hydrogen) atoms. The van der Waals surface area contributed by atoms with Crippen LogP contribution in [0.3, 0.4) is 0 Å². The average molecular weight is 241 g/mol. The summed E-state index contributed by atoms with van der Waals surface area (Å²) >= 11 is 0. The monoisotopic (exact) mass is 241 g/mol. The SMILES string of the molecule is CCNC1CC(OCC2CCCCO2)C1(C)C. The fraction of sp³-hybridized carbons (Fsp3) is 1.00. The van der Waals surface area contributed by atoms with Gasteiger partial charge in [-0.1, -0.05) is 20.8 Å².